The fourth-order valence-corrected chi connectivity index (χ4v) is 3.56. The maximum Gasteiger partial charge on any atom is 0.106 e. The molecule has 1 saturated carbocycles. The Hall–Kier alpha value is -1.29. The lowest BCUT2D eigenvalue weighted by atomic mass is 10.1. The summed E-state index contributed by atoms with van der Waals surface area (Å²) in [6.07, 6.45) is 4.05. The number of nitrogens with one attached hydrogen (secondary N) is 1. The van der Waals surface area contributed by atoms with Gasteiger partial charge in [-0.1, -0.05) is 13.3 Å². The first kappa shape index (κ1) is 11.8. The molecule has 2 atom stereocenters. The quantitative estimate of drug-likeness (QED) is 0.828. The highest BCUT2D eigenvalue weighted by Crippen LogP contribution is 2.33. The molecular weight excluding hydrogens is 242 g/mol. The summed E-state index contributed by atoms with van der Waals surface area (Å²) in [6, 6.07) is 4.18. The van der Waals surface area contributed by atoms with Crippen LogP contribution in [0.2, 0.25) is 0 Å². The van der Waals surface area contributed by atoms with Crippen LogP contribution in [-0.2, 0) is 0 Å². The largest absolute Gasteiger partial charge is 0.395 e. The molecule has 2 unspecified atom stereocenters. The minimum atomic E-state index is 0.791. The molecule has 1 heterocycles. The average molecular weight is 261 g/mol. The first-order valence-electron chi connectivity index (χ1n) is 6.59. The number of hydrogen-bond donors (Lipinski definition) is 2. The van der Waals surface area contributed by atoms with E-state index in [4.69, 9.17) is 5.73 Å². The van der Waals surface area contributed by atoms with E-state index < -0.39 is 0 Å². The van der Waals surface area contributed by atoms with E-state index in [1.54, 1.807) is 11.3 Å². The number of aromatic nitrogens is 1. The minimum absolute atomic E-state index is 0.791. The zero-order valence-electron chi connectivity index (χ0n) is 10.6. The fraction of sp³-hybridized carbons (Fsp3) is 0.500. The van der Waals surface area contributed by atoms with Crippen LogP contribution in [0.5, 0.6) is 0 Å². The summed E-state index contributed by atoms with van der Waals surface area (Å²) in [4.78, 5) is 4.32. The van der Waals surface area contributed by atoms with Crippen molar-refractivity contribution in [3.63, 3.8) is 0 Å². The van der Waals surface area contributed by atoms with Crippen LogP contribution in [0.4, 0.5) is 11.4 Å². The Bertz CT molecular complexity index is 549. The molecule has 0 spiro atoms. The van der Waals surface area contributed by atoms with Crippen molar-refractivity contribution in [3.8, 4) is 0 Å². The van der Waals surface area contributed by atoms with Gasteiger partial charge in [-0.15, -0.1) is 11.3 Å². The van der Waals surface area contributed by atoms with Crippen LogP contribution in [-0.4, -0.2) is 11.5 Å². The second-order valence-electron chi connectivity index (χ2n) is 5.39. The van der Waals surface area contributed by atoms with E-state index in [-0.39, 0.29) is 0 Å². The highest BCUT2D eigenvalue weighted by atomic mass is 32.1. The second kappa shape index (κ2) is 4.76. The molecule has 1 fully saturated rings. The van der Waals surface area contributed by atoms with Crippen LogP contribution in [0, 0.1) is 11.8 Å². The number of fused-ring (bicyclic) bond motifs is 1. The van der Waals surface area contributed by atoms with Gasteiger partial charge in [-0.3, -0.25) is 0 Å². The van der Waals surface area contributed by atoms with Crippen molar-refractivity contribution < 1.29 is 0 Å². The van der Waals surface area contributed by atoms with Crippen molar-refractivity contribution in [2.45, 2.75) is 26.2 Å². The maximum absolute atomic E-state index is 6.16. The Balaban J connectivity index is 1.72. The first-order valence-corrected chi connectivity index (χ1v) is 7.47. The normalized spacial score (nSPS) is 23.6. The predicted octanol–water partition coefficient (Wildman–Crippen LogP) is 3.73. The van der Waals surface area contributed by atoms with Gasteiger partial charge in [-0.05, 0) is 36.8 Å². The van der Waals surface area contributed by atoms with Crippen LogP contribution in [0.1, 0.15) is 26.2 Å². The number of nitrogens with two attached hydrogens (primary N) is 1. The van der Waals surface area contributed by atoms with Crippen molar-refractivity contribution >= 4 is 32.9 Å². The Labute approximate surface area is 111 Å². The van der Waals surface area contributed by atoms with E-state index >= 15 is 0 Å². The summed E-state index contributed by atoms with van der Waals surface area (Å²) < 4.78 is 1.16. The van der Waals surface area contributed by atoms with E-state index in [1.807, 2.05) is 5.51 Å². The lowest BCUT2D eigenvalue weighted by molar-refractivity contribution is 0.537. The molecule has 0 radical (unpaired) electrons. The van der Waals surface area contributed by atoms with Crippen molar-refractivity contribution in [1.82, 2.24) is 4.98 Å². The van der Waals surface area contributed by atoms with Crippen molar-refractivity contribution in [3.05, 3.63) is 17.6 Å². The van der Waals surface area contributed by atoms with Gasteiger partial charge >= 0.3 is 0 Å². The molecule has 0 amide bonds. The van der Waals surface area contributed by atoms with Crippen LogP contribution >= 0.6 is 11.3 Å². The van der Waals surface area contributed by atoms with Gasteiger partial charge in [-0.2, -0.15) is 0 Å². The molecule has 1 aromatic carbocycles. The molecule has 1 aliphatic rings. The Morgan fingerprint density at radius 1 is 1.44 bits per heavy atom. The molecule has 3 nitrogen and oxygen atoms in total. The van der Waals surface area contributed by atoms with Gasteiger partial charge in [0.25, 0.3) is 0 Å². The van der Waals surface area contributed by atoms with E-state index in [2.05, 4.69) is 29.4 Å². The third kappa shape index (κ3) is 2.17. The molecule has 2 aromatic rings. The van der Waals surface area contributed by atoms with Crippen LogP contribution in [0.25, 0.3) is 10.2 Å². The van der Waals surface area contributed by atoms with Gasteiger partial charge in [-0.25, -0.2) is 4.98 Å². The third-order valence-corrected chi connectivity index (χ3v) is 4.72. The van der Waals surface area contributed by atoms with E-state index in [1.165, 1.54) is 19.3 Å². The monoisotopic (exact) mass is 261 g/mol. The highest BCUT2D eigenvalue weighted by molar-refractivity contribution is 7.16. The topological polar surface area (TPSA) is 50.9 Å². The molecule has 96 valence electrons. The first-order chi connectivity index (χ1) is 8.74. The zero-order chi connectivity index (χ0) is 12.5. The molecule has 1 aromatic heterocycles. The minimum Gasteiger partial charge on any atom is -0.395 e. The summed E-state index contributed by atoms with van der Waals surface area (Å²) >= 11 is 1.63. The van der Waals surface area contributed by atoms with Gasteiger partial charge in [0.15, 0.2) is 0 Å². The second-order valence-corrected chi connectivity index (χ2v) is 6.28. The van der Waals surface area contributed by atoms with E-state index in [0.29, 0.717) is 0 Å². The number of benzene rings is 1. The number of hydrogen-bond acceptors (Lipinski definition) is 4. The number of anilines is 2. The van der Waals surface area contributed by atoms with Gasteiger partial charge < -0.3 is 11.1 Å². The molecular formula is C14H19N3S. The van der Waals surface area contributed by atoms with Crippen molar-refractivity contribution in [2.75, 3.05) is 17.6 Å². The molecule has 3 N–H and O–H groups in total. The standard InChI is InChI=1S/C14H19N3S/c1-9-2-3-10(6-9)7-16-11-4-5-12-14(13(11)15)17-8-18-12/h4-5,8-10,16H,2-3,6-7,15H2,1H3. The Kier molecular flexibility index (Phi) is 3.12. The van der Waals surface area contributed by atoms with Crippen LogP contribution in [0.15, 0.2) is 17.6 Å². The van der Waals surface area contributed by atoms with Gasteiger partial charge in [0, 0.05) is 6.54 Å². The van der Waals surface area contributed by atoms with Crippen LogP contribution < -0.4 is 11.1 Å². The molecule has 1 aliphatic carbocycles. The molecule has 4 heteroatoms. The smallest absolute Gasteiger partial charge is 0.106 e. The lowest BCUT2D eigenvalue weighted by Gasteiger charge is -2.14. The number of rotatable bonds is 3. The molecule has 0 saturated heterocycles. The third-order valence-electron chi connectivity index (χ3n) is 3.93. The van der Waals surface area contributed by atoms with E-state index in [0.717, 1.165) is 40.0 Å². The summed E-state index contributed by atoms with van der Waals surface area (Å²) in [5.41, 5.74) is 10.8. The number of nitrogen functional groups attached to an aromatic ring is 1. The number of nitrogens with zero attached hydrogens (tertiary/aromatic N) is 1. The zero-order valence-corrected chi connectivity index (χ0v) is 11.5. The van der Waals surface area contributed by atoms with Gasteiger partial charge in [0.2, 0.25) is 0 Å². The van der Waals surface area contributed by atoms with Crippen LogP contribution in [0.3, 0.4) is 0 Å². The molecule has 3 rings (SSSR count). The van der Waals surface area contributed by atoms with E-state index in [9.17, 15) is 0 Å². The molecule has 0 bridgehead atoms. The Morgan fingerprint density at radius 2 is 2.33 bits per heavy atom. The van der Waals surface area contributed by atoms with Gasteiger partial charge in [0.05, 0.1) is 21.6 Å². The average Bonchev–Trinajstić information content (AvgIpc) is 2.97. The highest BCUT2D eigenvalue weighted by Gasteiger charge is 2.21. The maximum atomic E-state index is 6.16. The molecule has 18 heavy (non-hydrogen) atoms. The summed E-state index contributed by atoms with van der Waals surface area (Å²) in [5.74, 6) is 1.68. The molecule has 0 aliphatic heterocycles. The summed E-state index contributed by atoms with van der Waals surface area (Å²) in [7, 11) is 0. The number of thiazole rings is 1. The lowest BCUT2D eigenvalue weighted by Crippen LogP contribution is -2.12. The van der Waals surface area contributed by atoms with Crippen molar-refractivity contribution in [1.29, 1.82) is 0 Å². The summed E-state index contributed by atoms with van der Waals surface area (Å²) in [6.45, 7) is 3.37. The van der Waals surface area contributed by atoms with Gasteiger partial charge in [0.1, 0.15) is 5.52 Å². The fourth-order valence-electron chi connectivity index (χ4n) is 2.87. The Morgan fingerprint density at radius 3 is 3.11 bits per heavy atom. The SMILES string of the molecule is CC1CCC(CNc2ccc3scnc3c2N)C1. The predicted molar refractivity (Wildman–Crippen MR) is 79.0 cm³/mol. The van der Waals surface area contributed by atoms with Crippen molar-refractivity contribution in [2.24, 2.45) is 11.8 Å². The summed E-state index contributed by atoms with van der Waals surface area (Å²) in [5, 5.41) is 3.50.